The number of benzene rings is 1. The molecule has 0 saturated carbocycles. The Labute approximate surface area is 101 Å². The SMILES string of the molecule is CCOC(=O)c1cc(C#N)c(OC)cc1CC. The first-order valence-electron chi connectivity index (χ1n) is 5.46. The largest absolute Gasteiger partial charge is 0.495 e. The van der Waals surface area contributed by atoms with Crippen molar-refractivity contribution < 1.29 is 14.3 Å². The van der Waals surface area contributed by atoms with Crippen molar-refractivity contribution >= 4 is 5.97 Å². The predicted octanol–water partition coefficient (Wildman–Crippen LogP) is 2.31. The molecule has 0 unspecified atom stereocenters. The Hall–Kier alpha value is -2.02. The van der Waals surface area contributed by atoms with Crippen LogP contribution in [0.1, 0.15) is 35.3 Å². The molecular weight excluding hydrogens is 218 g/mol. The number of nitrogens with zero attached hydrogens (tertiary/aromatic N) is 1. The molecule has 0 radical (unpaired) electrons. The summed E-state index contributed by atoms with van der Waals surface area (Å²) in [6.07, 6.45) is 0.677. The van der Waals surface area contributed by atoms with Crippen molar-refractivity contribution in [2.45, 2.75) is 20.3 Å². The van der Waals surface area contributed by atoms with Crippen molar-refractivity contribution in [3.05, 3.63) is 28.8 Å². The maximum Gasteiger partial charge on any atom is 0.338 e. The van der Waals surface area contributed by atoms with Crippen LogP contribution < -0.4 is 4.74 Å². The summed E-state index contributed by atoms with van der Waals surface area (Å²) in [7, 11) is 1.50. The number of ether oxygens (including phenoxy) is 2. The molecule has 4 nitrogen and oxygen atoms in total. The highest BCUT2D eigenvalue weighted by atomic mass is 16.5. The van der Waals surface area contributed by atoms with E-state index in [2.05, 4.69) is 0 Å². The van der Waals surface area contributed by atoms with Gasteiger partial charge in [-0.2, -0.15) is 5.26 Å². The van der Waals surface area contributed by atoms with Crippen LogP contribution in [0.5, 0.6) is 5.75 Å². The summed E-state index contributed by atoms with van der Waals surface area (Å²) in [5.41, 5.74) is 1.60. The van der Waals surface area contributed by atoms with E-state index in [9.17, 15) is 4.79 Å². The summed E-state index contributed by atoms with van der Waals surface area (Å²) in [5, 5.41) is 8.97. The number of methoxy groups -OCH3 is 1. The van der Waals surface area contributed by atoms with E-state index in [1.54, 1.807) is 13.0 Å². The van der Waals surface area contributed by atoms with Crippen LogP contribution in [0, 0.1) is 11.3 Å². The van der Waals surface area contributed by atoms with Crippen molar-refractivity contribution in [1.29, 1.82) is 5.26 Å². The predicted molar refractivity (Wildman–Crippen MR) is 63.0 cm³/mol. The molecule has 0 saturated heterocycles. The minimum atomic E-state index is -0.400. The average molecular weight is 233 g/mol. The quantitative estimate of drug-likeness (QED) is 0.749. The van der Waals surface area contributed by atoms with E-state index < -0.39 is 5.97 Å². The van der Waals surface area contributed by atoms with E-state index in [-0.39, 0.29) is 0 Å². The second-order valence-electron chi connectivity index (χ2n) is 3.40. The van der Waals surface area contributed by atoms with Crippen molar-refractivity contribution in [2.75, 3.05) is 13.7 Å². The smallest absolute Gasteiger partial charge is 0.338 e. The molecule has 0 aliphatic rings. The van der Waals surface area contributed by atoms with Gasteiger partial charge in [-0.1, -0.05) is 6.92 Å². The first kappa shape index (κ1) is 13.0. The van der Waals surface area contributed by atoms with Crippen molar-refractivity contribution in [1.82, 2.24) is 0 Å². The minimum absolute atomic E-state index is 0.315. The van der Waals surface area contributed by atoms with E-state index >= 15 is 0 Å². The molecular formula is C13H15NO3. The summed E-state index contributed by atoms with van der Waals surface area (Å²) in [4.78, 5) is 11.7. The first-order chi connectivity index (χ1) is 8.17. The fourth-order valence-corrected chi connectivity index (χ4v) is 1.57. The van der Waals surface area contributed by atoms with Crippen LogP contribution in [0.15, 0.2) is 12.1 Å². The molecule has 17 heavy (non-hydrogen) atoms. The normalized spacial score (nSPS) is 9.53. The molecule has 90 valence electrons. The Morgan fingerprint density at radius 3 is 2.59 bits per heavy atom. The molecule has 0 amide bonds. The van der Waals surface area contributed by atoms with E-state index in [0.717, 1.165) is 5.56 Å². The maximum atomic E-state index is 11.7. The third-order valence-corrected chi connectivity index (χ3v) is 2.42. The zero-order valence-corrected chi connectivity index (χ0v) is 10.2. The summed E-state index contributed by atoms with van der Waals surface area (Å²) in [6.45, 7) is 4.00. The molecule has 0 aromatic heterocycles. The molecule has 0 fully saturated rings. The first-order valence-corrected chi connectivity index (χ1v) is 5.46. The van der Waals surface area contributed by atoms with Gasteiger partial charge in [0, 0.05) is 0 Å². The van der Waals surface area contributed by atoms with Gasteiger partial charge in [0.1, 0.15) is 11.8 Å². The molecule has 0 atom stereocenters. The highest BCUT2D eigenvalue weighted by Gasteiger charge is 2.15. The summed E-state index contributed by atoms with van der Waals surface area (Å²) < 4.78 is 10.1. The third-order valence-electron chi connectivity index (χ3n) is 2.42. The number of hydrogen-bond acceptors (Lipinski definition) is 4. The number of esters is 1. The number of rotatable bonds is 4. The highest BCUT2D eigenvalue weighted by Crippen LogP contribution is 2.24. The highest BCUT2D eigenvalue weighted by molar-refractivity contribution is 5.92. The molecule has 0 aliphatic heterocycles. The fraction of sp³-hybridized carbons (Fsp3) is 0.385. The van der Waals surface area contributed by atoms with E-state index in [0.29, 0.717) is 29.9 Å². The lowest BCUT2D eigenvalue weighted by atomic mass is 10.0. The van der Waals surface area contributed by atoms with Crippen LogP contribution in [0.25, 0.3) is 0 Å². The average Bonchev–Trinajstić information content (AvgIpc) is 2.37. The van der Waals surface area contributed by atoms with Crippen molar-refractivity contribution in [3.63, 3.8) is 0 Å². The number of aryl methyl sites for hydroxylation is 1. The van der Waals surface area contributed by atoms with Gasteiger partial charge in [-0.05, 0) is 31.0 Å². The lowest BCUT2D eigenvalue weighted by Gasteiger charge is -2.10. The standard InChI is InChI=1S/C13H15NO3/c1-4-9-7-12(16-3)10(8-14)6-11(9)13(15)17-5-2/h6-7H,4-5H2,1-3H3. The molecule has 0 heterocycles. The molecule has 0 spiro atoms. The van der Waals surface area contributed by atoms with E-state index in [1.165, 1.54) is 13.2 Å². The van der Waals surface area contributed by atoms with Crippen LogP contribution >= 0.6 is 0 Å². The monoisotopic (exact) mass is 233 g/mol. The molecule has 1 rings (SSSR count). The van der Waals surface area contributed by atoms with Crippen LogP contribution in [0.2, 0.25) is 0 Å². The van der Waals surface area contributed by atoms with Gasteiger partial charge in [-0.15, -0.1) is 0 Å². The number of hydrogen-bond donors (Lipinski definition) is 0. The Kier molecular flexibility index (Phi) is 4.53. The molecule has 0 N–H and O–H groups in total. The van der Waals surface area contributed by atoms with E-state index in [1.807, 2.05) is 13.0 Å². The van der Waals surface area contributed by atoms with Gasteiger partial charge >= 0.3 is 5.97 Å². The van der Waals surface area contributed by atoms with Crippen LogP contribution in [-0.2, 0) is 11.2 Å². The van der Waals surface area contributed by atoms with Crippen molar-refractivity contribution in [2.24, 2.45) is 0 Å². The zero-order valence-electron chi connectivity index (χ0n) is 10.2. The molecule has 4 heteroatoms. The van der Waals surface area contributed by atoms with Gasteiger partial charge in [0.25, 0.3) is 0 Å². The minimum Gasteiger partial charge on any atom is -0.495 e. The van der Waals surface area contributed by atoms with Gasteiger partial charge in [-0.25, -0.2) is 4.79 Å². The lowest BCUT2D eigenvalue weighted by molar-refractivity contribution is 0.0525. The van der Waals surface area contributed by atoms with Crippen LogP contribution in [0.4, 0.5) is 0 Å². The second-order valence-corrected chi connectivity index (χ2v) is 3.40. The molecule has 0 bridgehead atoms. The molecule has 1 aromatic carbocycles. The maximum absolute atomic E-state index is 11.7. The number of carbonyl (C=O) groups is 1. The van der Waals surface area contributed by atoms with Crippen LogP contribution in [-0.4, -0.2) is 19.7 Å². The number of nitriles is 1. The topological polar surface area (TPSA) is 59.3 Å². The Morgan fingerprint density at radius 2 is 2.12 bits per heavy atom. The molecule has 0 aliphatic carbocycles. The number of carbonyl (C=O) groups excluding carboxylic acids is 1. The van der Waals surface area contributed by atoms with Gasteiger partial charge in [-0.3, -0.25) is 0 Å². The zero-order chi connectivity index (χ0) is 12.8. The second kappa shape index (κ2) is 5.90. The summed E-state index contributed by atoms with van der Waals surface area (Å²) >= 11 is 0. The Morgan fingerprint density at radius 1 is 1.41 bits per heavy atom. The Bertz CT molecular complexity index is 460. The van der Waals surface area contributed by atoms with Crippen LogP contribution in [0.3, 0.4) is 0 Å². The summed E-state index contributed by atoms with van der Waals surface area (Å²) in [5.74, 6) is 0.0842. The van der Waals surface area contributed by atoms with Gasteiger partial charge in [0.15, 0.2) is 0 Å². The van der Waals surface area contributed by atoms with Gasteiger partial charge in [0.2, 0.25) is 0 Å². The fourth-order valence-electron chi connectivity index (χ4n) is 1.57. The third kappa shape index (κ3) is 2.76. The van der Waals surface area contributed by atoms with Gasteiger partial charge in [0.05, 0.1) is 24.8 Å². The van der Waals surface area contributed by atoms with Gasteiger partial charge < -0.3 is 9.47 Å². The van der Waals surface area contributed by atoms with E-state index in [4.69, 9.17) is 14.7 Å². The Balaban J connectivity index is 3.29. The summed E-state index contributed by atoms with van der Waals surface area (Å²) in [6, 6.07) is 5.24. The van der Waals surface area contributed by atoms with Crippen molar-refractivity contribution in [3.8, 4) is 11.8 Å². The molecule has 1 aromatic rings. The lowest BCUT2D eigenvalue weighted by Crippen LogP contribution is -2.09.